The number of aromatic nitrogens is 1. The molecule has 0 atom stereocenters. The number of hydrogen-bond donors (Lipinski definition) is 1. The van der Waals surface area contributed by atoms with Crippen LogP contribution in [0, 0.1) is 5.92 Å². The Kier molecular flexibility index (Phi) is 7.34. The number of nitrogens with one attached hydrogen (secondary N) is 1. The van der Waals surface area contributed by atoms with Crippen LogP contribution in [0.2, 0.25) is 0 Å². The first kappa shape index (κ1) is 23.7. The molecular formula is C25H34N4O3S. The fourth-order valence-corrected chi connectivity index (χ4v) is 5.42. The van der Waals surface area contributed by atoms with E-state index < -0.39 is 5.60 Å². The molecule has 0 spiro atoms. The first-order valence-electron chi connectivity index (χ1n) is 11.8. The van der Waals surface area contributed by atoms with E-state index in [9.17, 15) is 9.59 Å². The van der Waals surface area contributed by atoms with Gasteiger partial charge >= 0.3 is 6.09 Å². The molecule has 8 heteroatoms. The number of nitrogens with zero attached hydrogens (tertiary/aromatic N) is 3. The fraction of sp³-hybridized carbons (Fsp3) is 0.560. The molecule has 0 radical (unpaired) electrons. The van der Waals surface area contributed by atoms with Gasteiger partial charge in [-0.05, 0) is 45.1 Å². The van der Waals surface area contributed by atoms with E-state index >= 15 is 0 Å². The second kappa shape index (κ2) is 10.2. The predicted octanol–water partition coefficient (Wildman–Crippen LogP) is 4.68. The van der Waals surface area contributed by atoms with Gasteiger partial charge in [-0.15, -0.1) is 11.3 Å². The number of benzene rings is 1. The Morgan fingerprint density at radius 1 is 1.15 bits per heavy atom. The Bertz CT molecular complexity index is 962. The predicted molar refractivity (Wildman–Crippen MR) is 130 cm³/mol. The van der Waals surface area contributed by atoms with Crippen LogP contribution in [0.1, 0.15) is 56.2 Å². The fourth-order valence-electron chi connectivity index (χ4n) is 4.36. The molecule has 0 saturated carbocycles. The number of piperidine rings is 1. The van der Waals surface area contributed by atoms with Crippen LogP contribution in [0.3, 0.4) is 0 Å². The summed E-state index contributed by atoms with van der Waals surface area (Å²) in [7, 11) is 0. The molecule has 1 aromatic carbocycles. The Labute approximate surface area is 200 Å². The van der Waals surface area contributed by atoms with E-state index in [2.05, 4.69) is 39.5 Å². The van der Waals surface area contributed by atoms with Gasteiger partial charge in [-0.25, -0.2) is 9.78 Å². The standard InChI is InChI=1S/C25H34N4O3S/c1-25(2,3)32-24(31)29-13-9-18(10-14-29)15-22(30)27-23-26-20-11-12-28(17-21(20)33-23)16-19-7-5-4-6-8-19/h4-8,18H,9-17H2,1-3H3,(H,26,27,30). The lowest BCUT2D eigenvalue weighted by Gasteiger charge is -2.33. The minimum atomic E-state index is -0.487. The van der Waals surface area contributed by atoms with E-state index in [1.165, 1.54) is 10.4 Å². The highest BCUT2D eigenvalue weighted by Crippen LogP contribution is 2.30. The van der Waals surface area contributed by atoms with Gasteiger partial charge in [0.2, 0.25) is 5.91 Å². The Morgan fingerprint density at radius 3 is 2.58 bits per heavy atom. The SMILES string of the molecule is CC(C)(C)OC(=O)N1CCC(CC(=O)Nc2nc3c(s2)CN(Cc2ccccc2)CC3)CC1. The second-order valence-corrected chi connectivity index (χ2v) is 11.1. The van der Waals surface area contributed by atoms with Crippen molar-refractivity contribution in [3.63, 3.8) is 0 Å². The Morgan fingerprint density at radius 2 is 1.88 bits per heavy atom. The third kappa shape index (κ3) is 6.77. The highest BCUT2D eigenvalue weighted by molar-refractivity contribution is 7.15. The molecule has 178 valence electrons. The number of thiazole rings is 1. The lowest BCUT2D eigenvalue weighted by Crippen LogP contribution is -2.42. The third-order valence-electron chi connectivity index (χ3n) is 6.05. The Hall–Kier alpha value is -2.45. The molecule has 2 aromatic rings. The highest BCUT2D eigenvalue weighted by Gasteiger charge is 2.28. The van der Waals surface area contributed by atoms with Gasteiger partial charge in [-0.1, -0.05) is 30.3 Å². The quantitative estimate of drug-likeness (QED) is 0.687. The summed E-state index contributed by atoms with van der Waals surface area (Å²) in [5, 5.41) is 3.73. The molecule has 3 heterocycles. The lowest BCUT2D eigenvalue weighted by molar-refractivity contribution is -0.117. The van der Waals surface area contributed by atoms with Crippen molar-refractivity contribution in [2.75, 3.05) is 25.0 Å². The van der Waals surface area contributed by atoms with E-state index in [1.54, 1.807) is 16.2 Å². The van der Waals surface area contributed by atoms with Crippen LogP contribution in [0.15, 0.2) is 30.3 Å². The topological polar surface area (TPSA) is 74.8 Å². The van der Waals surface area contributed by atoms with Crippen molar-refractivity contribution in [1.29, 1.82) is 0 Å². The van der Waals surface area contributed by atoms with Crippen LogP contribution in [0.5, 0.6) is 0 Å². The van der Waals surface area contributed by atoms with Gasteiger partial charge in [0.15, 0.2) is 5.13 Å². The molecule has 33 heavy (non-hydrogen) atoms. The molecule has 2 amide bonds. The summed E-state index contributed by atoms with van der Waals surface area (Å²) < 4.78 is 5.45. The molecule has 1 saturated heterocycles. The number of carbonyl (C=O) groups is 2. The summed E-state index contributed by atoms with van der Waals surface area (Å²) in [6.45, 7) is 9.68. The number of amides is 2. The molecule has 7 nitrogen and oxygen atoms in total. The zero-order valence-electron chi connectivity index (χ0n) is 19.8. The summed E-state index contributed by atoms with van der Waals surface area (Å²) >= 11 is 1.60. The van der Waals surface area contributed by atoms with Crippen molar-refractivity contribution in [1.82, 2.24) is 14.8 Å². The van der Waals surface area contributed by atoms with E-state index in [-0.39, 0.29) is 17.9 Å². The van der Waals surface area contributed by atoms with Gasteiger partial charge in [-0.3, -0.25) is 9.69 Å². The molecule has 4 rings (SSSR count). The molecule has 1 aromatic heterocycles. The van der Waals surface area contributed by atoms with E-state index in [0.717, 1.165) is 44.6 Å². The summed E-state index contributed by atoms with van der Waals surface area (Å²) in [4.78, 5) is 35.0. The summed E-state index contributed by atoms with van der Waals surface area (Å²) in [5.74, 6) is 0.289. The highest BCUT2D eigenvalue weighted by atomic mass is 32.1. The average Bonchev–Trinajstić information content (AvgIpc) is 3.15. The number of ether oxygens (including phenoxy) is 1. The van der Waals surface area contributed by atoms with Crippen LogP contribution < -0.4 is 5.32 Å². The molecule has 0 aliphatic carbocycles. The molecule has 1 N–H and O–H groups in total. The van der Waals surface area contributed by atoms with Crippen LogP contribution in [0.4, 0.5) is 9.93 Å². The van der Waals surface area contributed by atoms with Crippen LogP contribution in [-0.2, 0) is 29.0 Å². The van der Waals surface area contributed by atoms with Crippen LogP contribution in [-0.4, -0.2) is 52.0 Å². The molecule has 2 aliphatic rings. The molecule has 1 fully saturated rings. The summed E-state index contributed by atoms with van der Waals surface area (Å²) in [6, 6.07) is 10.5. The zero-order valence-corrected chi connectivity index (χ0v) is 20.6. The molecular weight excluding hydrogens is 436 g/mol. The van der Waals surface area contributed by atoms with E-state index in [1.807, 2.05) is 26.8 Å². The molecule has 2 aliphatic heterocycles. The van der Waals surface area contributed by atoms with Crippen molar-refractivity contribution in [2.24, 2.45) is 5.92 Å². The molecule has 0 unspecified atom stereocenters. The first-order chi connectivity index (χ1) is 15.7. The van der Waals surface area contributed by atoms with Crippen molar-refractivity contribution in [3.05, 3.63) is 46.5 Å². The van der Waals surface area contributed by atoms with Gasteiger partial charge in [0.05, 0.1) is 5.69 Å². The van der Waals surface area contributed by atoms with E-state index in [4.69, 9.17) is 4.74 Å². The van der Waals surface area contributed by atoms with Gasteiger partial charge in [0.25, 0.3) is 0 Å². The maximum absolute atomic E-state index is 12.6. The summed E-state index contributed by atoms with van der Waals surface area (Å²) in [6.07, 6.45) is 2.75. The smallest absolute Gasteiger partial charge is 0.410 e. The largest absolute Gasteiger partial charge is 0.444 e. The van der Waals surface area contributed by atoms with Gasteiger partial charge in [0, 0.05) is 50.4 Å². The Balaban J connectivity index is 1.23. The van der Waals surface area contributed by atoms with E-state index in [0.29, 0.717) is 24.6 Å². The second-order valence-electron chi connectivity index (χ2n) is 10.00. The number of hydrogen-bond acceptors (Lipinski definition) is 6. The number of fused-ring (bicyclic) bond motifs is 1. The first-order valence-corrected chi connectivity index (χ1v) is 12.6. The van der Waals surface area contributed by atoms with Gasteiger partial charge in [0.1, 0.15) is 5.60 Å². The summed E-state index contributed by atoms with van der Waals surface area (Å²) in [5.41, 5.74) is 1.95. The minimum Gasteiger partial charge on any atom is -0.444 e. The maximum atomic E-state index is 12.6. The number of anilines is 1. The van der Waals surface area contributed by atoms with Crippen molar-refractivity contribution in [2.45, 2.75) is 65.1 Å². The number of rotatable bonds is 5. The van der Waals surface area contributed by atoms with Crippen molar-refractivity contribution >= 4 is 28.5 Å². The minimum absolute atomic E-state index is 0.0120. The number of likely N-dealkylation sites (tertiary alicyclic amines) is 1. The van der Waals surface area contributed by atoms with Gasteiger partial charge in [-0.2, -0.15) is 0 Å². The van der Waals surface area contributed by atoms with Crippen LogP contribution >= 0.6 is 11.3 Å². The van der Waals surface area contributed by atoms with Crippen molar-refractivity contribution in [3.8, 4) is 0 Å². The maximum Gasteiger partial charge on any atom is 0.410 e. The monoisotopic (exact) mass is 470 g/mol. The van der Waals surface area contributed by atoms with Gasteiger partial charge < -0.3 is 15.0 Å². The van der Waals surface area contributed by atoms with Crippen LogP contribution in [0.25, 0.3) is 0 Å². The molecule has 0 bridgehead atoms. The number of carbonyl (C=O) groups excluding carboxylic acids is 2. The normalized spacial score (nSPS) is 17.5. The third-order valence-corrected chi connectivity index (χ3v) is 7.04. The zero-order chi connectivity index (χ0) is 23.4. The average molecular weight is 471 g/mol. The lowest BCUT2D eigenvalue weighted by atomic mass is 9.93. The van der Waals surface area contributed by atoms with Crippen molar-refractivity contribution < 1.29 is 14.3 Å².